The summed E-state index contributed by atoms with van der Waals surface area (Å²) in [6.45, 7) is 2.02. The van der Waals surface area contributed by atoms with Crippen LogP contribution in [0, 0.1) is 9.39 Å². The first-order valence-electron chi connectivity index (χ1n) is 5.75. The molecule has 2 aromatic rings. The lowest BCUT2D eigenvalue weighted by atomic mass is 10.2. The van der Waals surface area contributed by atoms with Crippen molar-refractivity contribution in [1.82, 2.24) is 9.97 Å². The largest absolute Gasteiger partial charge is 0.372 e. The second-order valence-electron chi connectivity index (χ2n) is 3.92. The van der Waals surface area contributed by atoms with Gasteiger partial charge in [-0.2, -0.15) is 0 Å². The molecule has 1 aromatic carbocycles. The summed E-state index contributed by atoms with van der Waals surface area (Å²) in [5.74, 6) is 0.819. The van der Waals surface area contributed by atoms with Crippen molar-refractivity contribution in [2.24, 2.45) is 0 Å². The number of nitrogens with zero attached hydrogens (tertiary/aromatic N) is 2. The molecule has 0 radical (unpaired) electrons. The van der Waals surface area contributed by atoms with Gasteiger partial charge < -0.3 is 5.32 Å². The molecule has 0 bridgehead atoms. The molecule has 6 heteroatoms. The molecule has 19 heavy (non-hydrogen) atoms. The van der Waals surface area contributed by atoms with Crippen molar-refractivity contribution in [3.05, 3.63) is 38.3 Å². The van der Waals surface area contributed by atoms with Crippen LogP contribution in [0.15, 0.2) is 18.2 Å². The summed E-state index contributed by atoms with van der Waals surface area (Å²) in [6.07, 6.45) is 0.783. The minimum Gasteiger partial charge on any atom is -0.372 e. The summed E-state index contributed by atoms with van der Waals surface area (Å²) >= 11 is 8.07. The molecule has 0 fully saturated rings. The molecule has 1 N–H and O–H groups in total. The van der Waals surface area contributed by atoms with Gasteiger partial charge in [-0.05, 0) is 47.2 Å². The normalized spacial score (nSPS) is 10.6. The van der Waals surface area contributed by atoms with Crippen molar-refractivity contribution in [3.63, 3.8) is 0 Å². The topological polar surface area (TPSA) is 37.8 Å². The van der Waals surface area contributed by atoms with Crippen molar-refractivity contribution < 1.29 is 4.39 Å². The van der Waals surface area contributed by atoms with E-state index in [0.29, 0.717) is 16.4 Å². The highest BCUT2D eigenvalue weighted by molar-refractivity contribution is 14.1. The van der Waals surface area contributed by atoms with Gasteiger partial charge in [0.05, 0.1) is 9.26 Å². The highest BCUT2D eigenvalue weighted by Crippen LogP contribution is 2.26. The van der Waals surface area contributed by atoms with E-state index in [1.807, 2.05) is 6.92 Å². The van der Waals surface area contributed by atoms with E-state index in [4.69, 9.17) is 11.6 Å². The zero-order valence-corrected chi connectivity index (χ0v) is 13.4. The molecule has 3 nitrogen and oxygen atoms in total. The Morgan fingerprint density at radius 2 is 2.05 bits per heavy atom. The van der Waals surface area contributed by atoms with Crippen molar-refractivity contribution >= 4 is 40.0 Å². The minimum absolute atomic E-state index is 0.334. The Morgan fingerprint density at radius 1 is 1.32 bits per heavy atom. The van der Waals surface area contributed by atoms with E-state index in [-0.39, 0.29) is 0 Å². The van der Waals surface area contributed by atoms with Crippen LogP contribution < -0.4 is 5.32 Å². The number of hydrogen-bond acceptors (Lipinski definition) is 3. The van der Waals surface area contributed by atoms with Crippen LogP contribution in [0.1, 0.15) is 12.6 Å². The monoisotopic (exact) mass is 391 g/mol. The number of aromatic nitrogens is 2. The first kappa shape index (κ1) is 14.5. The predicted molar refractivity (Wildman–Crippen MR) is 84.1 cm³/mol. The van der Waals surface area contributed by atoms with E-state index in [2.05, 4.69) is 37.9 Å². The molecular weight excluding hydrogens is 380 g/mol. The van der Waals surface area contributed by atoms with Gasteiger partial charge in [0.25, 0.3) is 0 Å². The Labute approximate surface area is 129 Å². The Morgan fingerprint density at radius 3 is 2.63 bits per heavy atom. The van der Waals surface area contributed by atoms with Gasteiger partial charge >= 0.3 is 0 Å². The van der Waals surface area contributed by atoms with Crippen LogP contribution in [0.25, 0.3) is 11.4 Å². The second kappa shape index (κ2) is 6.00. The van der Waals surface area contributed by atoms with Crippen molar-refractivity contribution in [1.29, 1.82) is 0 Å². The van der Waals surface area contributed by atoms with Crippen LogP contribution in [0.3, 0.4) is 0 Å². The van der Waals surface area contributed by atoms with Gasteiger partial charge in [0, 0.05) is 17.6 Å². The smallest absolute Gasteiger partial charge is 0.161 e. The van der Waals surface area contributed by atoms with Crippen molar-refractivity contribution in [2.75, 3.05) is 12.4 Å². The summed E-state index contributed by atoms with van der Waals surface area (Å²) < 4.78 is 14.4. The molecule has 0 unspecified atom stereocenters. The molecule has 0 saturated carbocycles. The van der Waals surface area contributed by atoms with Gasteiger partial charge in [-0.15, -0.1) is 0 Å². The Kier molecular flexibility index (Phi) is 4.57. The SMILES string of the molecule is CCc1nc(-c2cc(F)cc(Cl)c2)nc(NC)c1I. The number of benzene rings is 1. The predicted octanol–water partition coefficient (Wildman–Crippen LogP) is 4.14. The van der Waals surface area contributed by atoms with E-state index < -0.39 is 5.82 Å². The maximum absolute atomic E-state index is 13.4. The summed E-state index contributed by atoms with van der Waals surface area (Å²) in [5.41, 5.74) is 1.50. The van der Waals surface area contributed by atoms with Crippen LogP contribution in [0.5, 0.6) is 0 Å². The maximum atomic E-state index is 13.4. The standard InChI is InChI=1S/C13H12ClFIN3/c1-3-10-11(16)13(17-2)19-12(18-10)7-4-8(14)6-9(15)5-7/h4-6H,3H2,1-2H3,(H,17,18,19). The number of hydrogen-bond donors (Lipinski definition) is 1. The summed E-state index contributed by atoms with van der Waals surface area (Å²) in [4.78, 5) is 8.86. The lowest BCUT2D eigenvalue weighted by Gasteiger charge is -2.10. The molecule has 1 aromatic heterocycles. The summed E-state index contributed by atoms with van der Waals surface area (Å²) in [6, 6.07) is 4.30. The molecule has 100 valence electrons. The number of anilines is 1. The van der Waals surface area contributed by atoms with Gasteiger partial charge in [0.2, 0.25) is 0 Å². The molecule has 0 amide bonds. The molecule has 0 spiro atoms. The van der Waals surface area contributed by atoms with Gasteiger partial charge in [-0.1, -0.05) is 18.5 Å². The lowest BCUT2D eigenvalue weighted by Crippen LogP contribution is -2.04. The molecule has 0 aliphatic heterocycles. The molecule has 1 heterocycles. The Bertz CT molecular complexity index is 574. The third-order valence-electron chi connectivity index (χ3n) is 2.61. The Balaban J connectivity index is 2.61. The molecule has 0 aliphatic carbocycles. The quantitative estimate of drug-likeness (QED) is 0.799. The van der Waals surface area contributed by atoms with Crippen molar-refractivity contribution in [3.8, 4) is 11.4 Å². The number of aryl methyl sites for hydroxylation is 1. The first-order valence-corrected chi connectivity index (χ1v) is 7.21. The fourth-order valence-corrected chi connectivity index (χ4v) is 2.82. The fourth-order valence-electron chi connectivity index (χ4n) is 1.71. The Hall–Kier alpha value is -0.950. The van der Waals surface area contributed by atoms with Gasteiger partial charge in [-0.3, -0.25) is 0 Å². The van der Waals surface area contributed by atoms with Gasteiger partial charge in [0.1, 0.15) is 11.6 Å². The van der Waals surface area contributed by atoms with E-state index >= 15 is 0 Å². The average Bonchev–Trinajstić information content (AvgIpc) is 2.37. The van der Waals surface area contributed by atoms with Crippen LogP contribution in [0.4, 0.5) is 10.2 Å². The summed E-state index contributed by atoms with van der Waals surface area (Å²) in [7, 11) is 1.80. The third-order valence-corrected chi connectivity index (χ3v) is 3.96. The molecule has 0 aliphatic rings. The van der Waals surface area contributed by atoms with E-state index in [1.165, 1.54) is 12.1 Å². The van der Waals surface area contributed by atoms with Gasteiger partial charge in [-0.25, -0.2) is 14.4 Å². The zero-order valence-electron chi connectivity index (χ0n) is 10.5. The van der Waals surface area contributed by atoms with Gasteiger partial charge in [0.15, 0.2) is 5.82 Å². The lowest BCUT2D eigenvalue weighted by molar-refractivity contribution is 0.628. The van der Waals surface area contributed by atoms with Crippen LogP contribution in [-0.4, -0.2) is 17.0 Å². The average molecular weight is 392 g/mol. The zero-order chi connectivity index (χ0) is 14.0. The molecular formula is C13H12ClFIN3. The summed E-state index contributed by atoms with van der Waals surface area (Å²) in [5, 5.41) is 3.36. The molecule has 0 atom stereocenters. The molecule has 2 rings (SSSR count). The fraction of sp³-hybridized carbons (Fsp3) is 0.231. The van der Waals surface area contributed by atoms with Crippen LogP contribution >= 0.6 is 34.2 Å². The third kappa shape index (κ3) is 3.14. The minimum atomic E-state index is -0.395. The highest BCUT2D eigenvalue weighted by Gasteiger charge is 2.12. The van der Waals surface area contributed by atoms with Crippen LogP contribution in [0.2, 0.25) is 5.02 Å². The van der Waals surface area contributed by atoms with Crippen LogP contribution in [-0.2, 0) is 6.42 Å². The number of nitrogens with one attached hydrogen (secondary N) is 1. The van der Waals surface area contributed by atoms with E-state index in [9.17, 15) is 4.39 Å². The number of halogens is 3. The van der Waals surface area contributed by atoms with Crippen molar-refractivity contribution in [2.45, 2.75) is 13.3 Å². The highest BCUT2D eigenvalue weighted by atomic mass is 127. The maximum Gasteiger partial charge on any atom is 0.161 e. The molecule has 0 saturated heterocycles. The number of rotatable bonds is 3. The first-order chi connectivity index (χ1) is 9.05. The second-order valence-corrected chi connectivity index (χ2v) is 5.43. The van der Waals surface area contributed by atoms with E-state index in [0.717, 1.165) is 21.5 Å². The van der Waals surface area contributed by atoms with E-state index in [1.54, 1.807) is 13.1 Å².